The van der Waals surface area contributed by atoms with Crippen LogP contribution in [0.5, 0.6) is 0 Å². The van der Waals surface area contributed by atoms with Crippen LogP contribution in [-0.4, -0.2) is 14.8 Å². The Morgan fingerprint density at radius 2 is 2.18 bits per heavy atom. The highest BCUT2D eigenvalue weighted by Gasteiger charge is 2.35. The molecule has 0 atom stereocenters. The summed E-state index contributed by atoms with van der Waals surface area (Å²) in [5.41, 5.74) is 0. The largest absolute Gasteiger partial charge is 0.453 e. The smallest absolute Gasteiger partial charge is 0.253 e. The Kier molecular flexibility index (Phi) is 1.84. The summed E-state index contributed by atoms with van der Waals surface area (Å²) in [6.07, 6.45) is -3.37. The maximum Gasteiger partial charge on any atom is 0.453 e. The number of hydrogen-bond donors (Lipinski definition) is 0. The maximum atomic E-state index is 11.8. The molecular weight excluding hydrogens is 159 g/mol. The van der Waals surface area contributed by atoms with E-state index in [1.807, 2.05) is 0 Å². The molecule has 0 fully saturated rings. The molecule has 0 aromatic carbocycles. The Morgan fingerprint density at radius 1 is 1.55 bits per heavy atom. The van der Waals surface area contributed by atoms with Gasteiger partial charge in [-0.05, 0) is 6.92 Å². The summed E-state index contributed by atoms with van der Waals surface area (Å²) in [5, 5.41) is 3.18. The van der Waals surface area contributed by atoms with Crippen LogP contribution >= 0.6 is 0 Å². The van der Waals surface area contributed by atoms with E-state index >= 15 is 0 Å². The number of hydrogen-bond acceptors (Lipinski definition) is 2. The summed E-state index contributed by atoms with van der Waals surface area (Å²) < 4.78 is 36.5. The highest BCUT2D eigenvalue weighted by atomic mass is 19.4. The summed E-state index contributed by atoms with van der Waals surface area (Å²) in [5.74, 6) is -1.08. The minimum Gasteiger partial charge on any atom is -0.253 e. The number of alkyl halides is 3. The first-order chi connectivity index (χ1) is 5.04. The summed E-state index contributed by atoms with van der Waals surface area (Å²) in [6, 6.07) is 0. The second-order valence-electron chi connectivity index (χ2n) is 1.92. The zero-order valence-corrected chi connectivity index (χ0v) is 5.76. The standard InChI is InChI=1S/C5H6F3N3/c1-2-11-3-9-4(10-11)5(6,7)8/h3H,2H2,1H3. The molecule has 0 N–H and O–H groups in total. The number of nitrogens with zero attached hydrogens (tertiary/aromatic N) is 3. The van der Waals surface area contributed by atoms with Gasteiger partial charge in [-0.1, -0.05) is 0 Å². The third kappa shape index (κ3) is 1.69. The van der Waals surface area contributed by atoms with E-state index in [2.05, 4.69) is 10.1 Å². The van der Waals surface area contributed by atoms with Crippen LogP contribution in [0.4, 0.5) is 13.2 Å². The van der Waals surface area contributed by atoms with Crippen LogP contribution in [0.2, 0.25) is 0 Å². The predicted octanol–water partition coefficient (Wildman–Crippen LogP) is 1.32. The van der Waals surface area contributed by atoms with Gasteiger partial charge in [0.05, 0.1) is 0 Å². The third-order valence-electron chi connectivity index (χ3n) is 1.11. The minimum absolute atomic E-state index is 0.392. The average Bonchev–Trinajstić information content (AvgIpc) is 2.32. The molecule has 1 heterocycles. The second kappa shape index (κ2) is 2.52. The monoisotopic (exact) mass is 165 g/mol. The molecule has 1 rings (SSSR count). The Labute approximate surface area is 60.8 Å². The SMILES string of the molecule is CCn1cnc(C(F)(F)F)n1. The van der Waals surface area contributed by atoms with Crippen molar-refractivity contribution in [2.45, 2.75) is 19.6 Å². The van der Waals surface area contributed by atoms with Crippen LogP contribution in [0.3, 0.4) is 0 Å². The van der Waals surface area contributed by atoms with Crippen molar-refractivity contribution in [1.82, 2.24) is 14.8 Å². The molecule has 0 aliphatic carbocycles. The molecule has 6 heteroatoms. The molecule has 0 aliphatic rings. The van der Waals surface area contributed by atoms with Crippen molar-refractivity contribution >= 4 is 0 Å². The highest BCUT2D eigenvalue weighted by molar-refractivity contribution is 4.86. The molecule has 0 saturated heterocycles. The summed E-state index contributed by atoms with van der Waals surface area (Å²) in [4.78, 5) is 3.09. The van der Waals surface area contributed by atoms with Crippen molar-refractivity contribution in [3.05, 3.63) is 12.2 Å². The molecule has 11 heavy (non-hydrogen) atoms. The molecule has 0 saturated carbocycles. The van der Waals surface area contributed by atoms with Crippen LogP contribution in [0.1, 0.15) is 12.7 Å². The highest BCUT2D eigenvalue weighted by Crippen LogP contribution is 2.25. The van der Waals surface area contributed by atoms with Crippen molar-refractivity contribution in [2.75, 3.05) is 0 Å². The average molecular weight is 165 g/mol. The van der Waals surface area contributed by atoms with E-state index in [-0.39, 0.29) is 0 Å². The van der Waals surface area contributed by atoms with Crippen LogP contribution in [0.15, 0.2) is 6.33 Å². The third-order valence-corrected chi connectivity index (χ3v) is 1.11. The first-order valence-corrected chi connectivity index (χ1v) is 3.00. The molecule has 0 radical (unpaired) electrons. The van der Waals surface area contributed by atoms with Gasteiger partial charge in [0.15, 0.2) is 0 Å². The second-order valence-corrected chi connectivity index (χ2v) is 1.92. The van der Waals surface area contributed by atoms with Crippen molar-refractivity contribution in [3.8, 4) is 0 Å². The fraction of sp³-hybridized carbons (Fsp3) is 0.600. The van der Waals surface area contributed by atoms with Gasteiger partial charge in [-0.25, -0.2) is 4.98 Å². The number of aryl methyl sites for hydroxylation is 1. The van der Waals surface area contributed by atoms with Crippen LogP contribution in [0.25, 0.3) is 0 Å². The van der Waals surface area contributed by atoms with Gasteiger partial charge >= 0.3 is 6.18 Å². The summed E-state index contributed by atoms with van der Waals surface area (Å²) >= 11 is 0. The molecule has 1 aromatic rings. The molecular formula is C5H6F3N3. The minimum atomic E-state index is -4.43. The molecule has 0 bridgehead atoms. The van der Waals surface area contributed by atoms with Crippen molar-refractivity contribution in [3.63, 3.8) is 0 Å². The van der Waals surface area contributed by atoms with E-state index in [0.29, 0.717) is 6.54 Å². The molecule has 62 valence electrons. The first-order valence-electron chi connectivity index (χ1n) is 3.00. The van der Waals surface area contributed by atoms with E-state index in [0.717, 1.165) is 11.0 Å². The van der Waals surface area contributed by atoms with E-state index in [1.165, 1.54) is 0 Å². The van der Waals surface area contributed by atoms with Gasteiger partial charge in [0.2, 0.25) is 0 Å². The Morgan fingerprint density at radius 3 is 2.45 bits per heavy atom. The zero-order valence-electron chi connectivity index (χ0n) is 5.76. The Bertz CT molecular complexity index is 239. The Hall–Kier alpha value is -1.07. The van der Waals surface area contributed by atoms with Gasteiger partial charge < -0.3 is 0 Å². The lowest BCUT2D eigenvalue weighted by Gasteiger charge is -1.97. The van der Waals surface area contributed by atoms with Crippen LogP contribution in [-0.2, 0) is 12.7 Å². The predicted molar refractivity (Wildman–Crippen MR) is 30.7 cm³/mol. The van der Waals surface area contributed by atoms with Gasteiger partial charge in [0.1, 0.15) is 6.33 Å². The Balaban J connectivity index is 2.89. The van der Waals surface area contributed by atoms with Gasteiger partial charge in [-0.15, -0.1) is 5.10 Å². The lowest BCUT2D eigenvalue weighted by atomic mass is 10.6. The van der Waals surface area contributed by atoms with Crippen LogP contribution < -0.4 is 0 Å². The van der Waals surface area contributed by atoms with Gasteiger partial charge in [-0.3, -0.25) is 4.68 Å². The molecule has 0 unspecified atom stereocenters. The first kappa shape index (κ1) is 8.03. The molecule has 0 aliphatic heterocycles. The van der Waals surface area contributed by atoms with E-state index < -0.39 is 12.0 Å². The van der Waals surface area contributed by atoms with Gasteiger partial charge in [-0.2, -0.15) is 13.2 Å². The van der Waals surface area contributed by atoms with Gasteiger partial charge in [0, 0.05) is 6.54 Å². The van der Waals surface area contributed by atoms with E-state index in [4.69, 9.17) is 0 Å². The zero-order chi connectivity index (χ0) is 8.48. The number of aromatic nitrogens is 3. The van der Waals surface area contributed by atoms with Crippen molar-refractivity contribution in [1.29, 1.82) is 0 Å². The van der Waals surface area contributed by atoms with Gasteiger partial charge in [0.25, 0.3) is 5.82 Å². The van der Waals surface area contributed by atoms with Crippen molar-refractivity contribution < 1.29 is 13.2 Å². The fourth-order valence-corrected chi connectivity index (χ4v) is 0.577. The normalized spacial score (nSPS) is 12.0. The molecule has 0 amide bonds. The molecule has 3 nitrogen and oxygen atoms in total. The summed E-state index contributed by atoms with van der Waals surface area (Å²) in [6.45, 7) is 2.08. The quantitative estimate of drug-likeness (QED) is 0.628. The topological polar surface area (TPSA) is 30.7 Å². The van der Waals surface area contributed by atoms with E-state index in [1.54, 1.807) is 6.92 Å². The maximum absolute atomic E-state index is 11.8. The summed E-state index contributed by atoms with van der Waals surface area (Å²) in [7, 11) is 0. The number of halogens is 3. The van der Waals surface area contributed by atoms with Crippen molar-refractivity contribution in [2.24, 2.45) is 0 Å². The lowest BCUT2D eigenvalue weighted by molar-refractivity contribution is -0.145. The van der Waals surface area contributed by atoms with E-state index in [9.17, 15) is 13.2 Å². The van der Waals surface area contributed by atoms with Crippen LogP contribution in [0, 0.1) is 0 Å². The number of rotatable bonds is 1. The fourth-order valence-electron chi connectivity index (χ4n) is 0.577. The molecule has 0 spiro atoms. The molecule has 1 aromatic heterocycles. The lowest BCUT2D eigenvalue weighted by Crippen LogP contribution is -2.08.